The maximum Gasteiger partial charge on any atom is 0.149 e. The van der Waals surface area contributed by atoms with E-state index in [1.54, 1.807) is 18.2 Å². The molecule has 0 saturated heterocycles. The van der Waals surface area contributed by atoms with Gasteiger partial charge in [0.05, 0.1) is 28.0 Å². The number of para-hydroxylation sites is 2. The number of benzene rings is 8. The summed E-state index contributed by atoms with van der Waals surface area (Å²) in [5, 5.41) is 11.6. The number of aromatic nitrogens is 3. The van der Waals surface area contributed by atoms with E-state index < -0.39 is 12.7 Å². The average molecular weight is 860 g/mol. The summed E-state index contributed by atoms with van der Waals surface area (Å²) in [6, 6.07) is 64.3. The Bertz CT molecular complexity index is 3530. The van der Waals surface area contributed by atoms with Crippen LogP contribution in [-0.2, 0) is 5.41 Å². The summed E-state index contributed by atoms with van der Waals surface area (Å²) in [6.07, 6.45) is 1.84. The molecule has 0 aliphatic rings. The van der Waals surface area contributed by atoms with Crippen molar-refractivity contribution in [2.75, 3.05) is 0 Å². The van der Waals surface area contributed by atoms with Crippen LogP contribution in [0.15, 0.2) is 200 Å². The van der Waals surface area contributed by atoms with Gasteiger partial charge >= 0.3 is 0 Å². The first-order valence-electron chi connectivity index (χ1n) is 24.4. The molecular formula is C62H53N3O. The Balaban J connectivity index is 1.24. The van der Waals surface area contributed by atoms with Crippen molar-refractivity contribution in [1.82, 2.24) is 14.5 Å². The van der Waals surface area contributed by atoms with Gasteiger partial charge in [0.1, 0.15) is 11.6 Å². The first-order chi connectivity index (χ1) is 33.5. The Morgan fingerprint density at radius 2 is 1.15 bits per heavy atom. The summed E-state index contributed by atoms with van der Waals surface area (Å²) >= 11 is 0. The number of fused-ring (bicyclic) bond motifs is 1. The predicted octanol–water partition coefficient (Wildman–Crippen LogP) is 16.5. The number of aromatic hydroxyl groups is 1. The third-order valence-electron chi connectivity index (χ3n) is 12.6. The van der Waals surface area contributed by atoms with Crippen LogP contribution in [0.5, 0.6) is 5.75 Å². The van der Waals surface area contributed by atoms with Gasteiger partial charge in [-0.2, -0.15) is 0 Å². The summed E-state index contributed by atoms with van der Waals surface area (Å²) in [7, 11) is 0. The monoisotopic (exact) mass is 859 g/mol. The van der Waals surface area contributed by atoms with Crippen LogP contribution < -0.4 is 0 Å². The molecule has 2 heterocycles. The summed E-state index contributed by atoms with van der Waals surface area (Å²) in [6.45, 7) is 7.87. The van der Waals surface area contributed by atoms with Crippen LogP contribution in [0.25, 0.3) is 95.0 Å². The van der Waals surface area contributed by atoms with Crippen LogP contribution in [0.4, 0.5) is 0 Å². The number of hydrogen-bond acceptors (Lipinski definition) is 3. The fraction of sp³-hybridized carbons (Fsp3) is 0.129. The van der Waals surface area contributed by atoms with Crippen molar-refractivity contribution in [2.45, 2.75) is 52.8 Å². The van der Waals surface area contributed by atoms with Crippen LogP contribution in [-0.4, -0.2) is 19.6 Å². The molecule has 0 atom stereocenters. The minimum absolute atomic E-state index is 0.0472. The molecule has 0 unspecified atom stereocenters. The molecule has 0 aliphatic carbocycles. The lowest BCUT2D eigenvalue weighted by Crippen LogP contribution is -2.10. The molecule has 0 spiro atoms. The van der Waals surface area contributed by atoms with E-state index in [0.717, 1.165) is 72.4 Å². The molecule has 322 valence electrons. The molecule has 0 aliphatic heterocycles. The largest absolute Gasteiger partial charge is 0.507 e. The maximum absolute atomic E-state index is 11.6. The fourth-order valence-corrected chi connectivity index (χ4v) is 8.92. The highest BCUT2D eigenvalue weighted by Gasteiger charge is 2.24. The predicted molar refractivity (Wildman–Crippen MR) is 276 cm³/mol. The highest BCUT2D eigenvalue weighted by atomic mass is 16.3. The summed E-state index contributed by atoms with van der Waals surface area (Å²) in [5.41, 5.74) is 15.5. The zero-order valence-corrected chi connectivity index (χ0v) is 37.8. The molecule has 0 radical (unpaired) electrons. The highest BCUT2D eigenvalue weighted by Crippen LogP contribution is 2.43. The van der Waals surface area contributed by atoms with Crippen molar-refractivity contribution in [2.24, 2.45) is 0 Å². The molecular weight excluding hydrogens is 803 g/mol. The maximum atomic E-state index is 11.6. The molecule has 0 fully saturated rings. The van der Waals surface area contributed by atoms with Gasteiger partial charge in [-0.1, -0.05) is 168 Å². The van der Waals surface area contributed by atoms with E-state index >= 15 is 0 Å². The van der Waals surface area contributed by atoms with Crippen molar-refractivity contribution < 1.29 is 10.6 Å². The number of nitrogens with zero attached hydrogens (tertiary/aromatic N) is 3. The number of phenols is 1. The standard InChI is InChI=1S/C62H53N3O/c1-40(2)42-24-26-44(27-25-42)47-32-33-63-56(38-47)50-36-48(43-16-9-7-10-17-43)35-49(37-50)52-21-15-22-57-60(52)64-61(53-20-13-14-23-59(53)66)65(57)58-34-41(3)54(45-18-11-8-12-19-45)39-55(58)46-28-30-51(31-29-46)62(4,5)6/h7-40,66H,1-6H3/i3D3,40D. The fourth-order valence-electron chi connectivity index (χ4n) is 8.92. The van der Waals surface area contributed by atoms with E-state index in [4.69, 9.17) is 15.5 Å². The van der Waals surface area contributed by atoms with E-state index in [0.29, 0.717) is 28.2 Å². The average Bonchev–Trinajstić information content (AvgIpc) is 3.75. The third-order valence-corrected chi connectivity index (χ3v) is 12.6. The van der Waals surface area contributed by atoms with Gasteiger partial charge in [0.25, 0.3) is 0 Å². The van der Waals surface area contributed by atoms with Crippen molar-refractivity contribution in [3.63, 3.8) is 0 Å². The highest BCUT2D eigenvalue weighted by molar-refractivity contribution is 5.99. The van der Waals surface area contributed by atoms with E-state index in [2.05, 4.69) is 99.6 Å². The lowest BCUT2D eigenvalue weighted by molar-refractivity contribution is 0.477. The Hall–Kier alpha value is -7.82. The van der Waals surface area contributed by atoms with E-state index in [1.807, 2.05) is 122 Å². The van der Waals surface area contributed by atoms with Crippen LogP contribution in [0.1, 0.15) is 62.7 Å². The molecule has 8 aromatic carbocycles. The first kappa shape index (κ1) is 37.5. The summed E-state index contributed by atoms with van der Waals surface area (Å²) < 4.78 is 37.4. The second kappa shape index (κ2) is 17.3. The number of aryl methyl sites for hydroxylation is 1. The Labute approximate surface area is 394 Å². The van der Waals surface area contributed by atoms with Gasteiger partial charge < -0.3 is 5.11 Å². The number of phenolic OH excluding ortho intramolecular Hbond substituents is 1. The zero-order chi connectivity index (χ0) is 49.0. The van der Waals surface area contributed by atoms with Gasteiger partial charge in [-0.05, 0) is 140 Å². The van der Waals surface area contributed by atoms with Crippen LogP contribution >= 0.6 is 0 Å². The molecule has 4 heteroatoms. The summed E-state index contributed by atoms with van der Waals surface area (Å²) in [5.74, 6) is -0.192. The molecule has 0 amide bonds. The van der Waals surface area contributed by atoms with Gasteiger partial charge in [0.2, 0.25) is 0 Å². The molecule has 4 nitrogen and oxygen atoms in total. The Kier molecular flexibility index (Phi) is 9.83. The van der Waals surface area contributed by atoms with E-state index in [1.165, 1.54) is 5.56 Å². The van der Waals surface area contributed by atoms with Gasteiger partial charge in [0, 0.05) is 28.4 Å². The van der Waals surface area contributed by atoms with Crippen molar-refractivity contribution >= 4 is 11.0 Å². The lowest BCUT2D eigenvalue weighted by Gasteiger charge is -2.21. The van der Waals surface area contributed by atoms with Crippen LogP contribution in [0, 0.1) is 6.85 Å². The molecule has 66 heavy (non-hydrogen) atoms. The van der Waals surface area contributed by atoms with E-state index in [9.17, 15) is 5.11 Å². The number of hydrogen-bond donors (Lipinski definition) is 1. The van der Waals surface area contributed by atoms with Gasteiger partial charge in [-0.15, -0.1) is 0 Å². The SMILES string of the molecule is [2H]C([2H])([2H])c1cc(-n2c(-c3ccccc3O)nc3c(-c4cc(-c5ccccc5)cc(-c5cc(-c6ccc(C([2H])(C)C)cc6)ccn5)c4)cccc32)c(-c2ccc(C(C)(C)C)cc2)cc1-c1ccccc1. The topological polar surface area (TPSA) is 50.9 Å². The van der Waals surface area contributed by atoms with Crippen molar-refractivity contribution in [3.8, 4) is 89.7 Å². The molecule has 10 aromatic rings. The van der Waals surface area contributed by atoms with Crippen LogP contribution in [0.3, 0.4) is 0 Å². The number of imidazole rings is 1. The molecule has 0 bridgehead atoms. The number of rotatable bonds is 9. The van der Waals surface area contributed by atoms with E-state index in [-0.39, 0.29) is 16.7 Å². The minimum atomic E-state index is -2.48. The smallest absolute Gasteiger partial charge is 0.149 e. The molecule has 10 rings (SSSR count). The Morgan fingerprint density at radius 1 is 0.530 bits per heavy atom. The molecule has 0 saturated carbocycles. The first-order valence-corrected chi connectivity index (χ1v) is 22.4. The second-order valence-electron chi connectivity index (χ2n) is 18.2. The van der Waals surface area contributed by atoms with Crippen molar-refractivity contribution in [1.29, 1.82) is 0 Å². The normalized spacial score (nSPS) is 12.9. The molecule has 1 N–H and O–H groups in total. The van der Waals surface area contributed by atoms with Gasteiger partial charge in [-0.25, -0.2) is 4.98 Å². The van der Waals surface area contributed by atoms with Gasteiger partial charge in [-0.3, -0.25) is 9.55 Å². The van der Waals surface area contributed by atoms with Crippen LogP contribution in [0.2, 0.25) is 0 Å². The Morgan fingerprint density at radius 3 is 1.85 bits per heavy atom. The number of pyridine rings is 1. The summed E-state index contributed by atoms with van der Waals surface area (Å²) in [4.78, 5) is 10.4. The molecule has 2 aromatic heterocycles. The second-order valence-corrected chi connectivity index (χ2v) is 18.2. The minimum Gasteiger partial charge on any atom is -0.507 e. The quantitative estimate of drug-likeness (QED) is 0.157. The van der Waals surface area contributed by atoms with Crippen molar-refractivity contribution in [3.05, 3.63) is 217 Å². The lowest BCUT2D eigenvalue weighted by atomic mass is 9.85. The zero-order valence-electron chi connectivity index (χ0n) is 41.8. The third kappa shape index (κ3) is 8.12. The van der Waals surface area contributed by atoms with Gasteiger partial charge in [0.15, 0.2) is 0 Å².